The predicted molar refractivity (Wildman–Crippen MR) is 79.4 cm³/mol. The van der Waals surface area contributed by atoms with Crippen molar-refractivity contribution < 1.29 is 9.47 Å². The number of hydrogen-bond acceptors (Lipinski definition) is 4. The molecule has 19 heavy (non-hydrogen) atoms. The third-order valence-corrected chi connectivity index (χ3v) is 3.81. The van der Waals surface area contributed by atoms with Gasteiger partial charge in [0, 0.05) is 11.4 Å². The van der Waals surface area contributed by atoms with Gasteiger partial charge in [0.2, 0.25) is 0 Å². The second-order valence-electron chi connectivity index (χ2n) is 4.01. The molecule has 0 saturated heterocycles. The van der Waals surface area contributed by atoms with E-state index in [1.54, 1.807) is 7.11 Å². The molecular formula is C14H16ClNO2S. The van der Waals surface area contributed by atoms with Gasteiger partial charge in [-0.15, -0.1) is 11.3 Å². The van der Waals surface area contributed by atoms with Gasteiger partial charge in [-0.2, -0.15) is 0 Å². The van der Waals surface area contributed by atoms with Crippen LogP contribution in [0.25, 0.3) is 0 Å². The molecule has 0 radical (unpaired) electrons. The highest BCUT2D eigenvalue weighted by Crippen LogP contribution is 2.30. The molecule has 1 aromatic carbocycles. The van der Waals surface area contributed by atoms with Gasteiger partial charge in [0.15, 0.2) is 11.5 Å². The van der Waals surface area contributed by atoms with Gasteiger partial charge in [-0.05, 0) is 36.9 Å². The number of thiophene rings is 1. The molecule has 0 unspecified atom stereocenters. The highest BCUT2D eigenvalue weighted by atomic mass is 35.5. The van der Waals surface area contributed by atoms with Gasteiger partial charge in [0.1, 0.15) is 6.61 Å². The first-order valence-corrected chi connectivity index (χ1v) is 7.11. The highest BCUT2D eigenvalue weighted by molar-refractivity contribution is 7.16. The molecule has 0 saturated carbocycles. The number of ether oxygens (including phenoxy) is 2. The van der Waals surface area contributed by atoms with Gasteiger partial charge in [0.05, 0.1) is 11.4 Å². The van der Waals surface area contributed by atoms with E-state index in [1.165, 1.54) is 11.3 Å². The van der Waals surface area contributed by atoms with Crippen LogP contribution in [0.4, 0.5) is 0 Å². The van der Waals surface area contributed by atoms with E-state index in [4.69, 9.17) is 21.1 Å². The zero-order chi connectivity index (χ0) is 13.7. The molecule has 0 aliphatic carbocycles. The minimum atomic E-state index is 0.497. The molecule has 5 heteroatoms. The fourth-order valence-electron chi connectivity index (χ4n) is 1.73. The van der Waals surface area contributed by atoms with Crippen molar-refractivity contribution in [3.63, 3.8) is 0 Å². The monoisotopic (exact) mass is 297 g/mol. The average molecular weight is 298 g/mol. The summed E-state index contributed by atoms with van der Waals surface area (Å²) in [5.74, 6) is 1.49. The van der Waals surface area contributed by atoms with E-state index in [1.807, 2.05) is 37.4 Å². The summed E-state index contributed by atoms with van der Waals surface area (Å²) in [6.45, 7) is 1.29. The van der Waals surface area contributed by atoms with Crippen LogP contribution in [-0.4, -0.2) is 14.2 Å². The lowest BCUT2D eigenvalue weighted by molar-refractivity contribution is 0.287. The zero-order valence-corrected chi connectivity index (χ0v) is 12.5. The minimum Gasteiger partial charge on any atom is -0.493 e. The lowest BCUT2D eigenvalue weighted by Gasteiger charge is -2.11. The Hall–Kier alpha value is -1.23. The van der Waals surface area contributed by atoms with Crippen molar-refractivity contribution in [1.29, 1.82) is 0 Å². The Balaban J connectivity index is 2.10. The third-order valence-electron chi connectivity index (χ3n) is 2.61. The Labute approximate surface area is 122 Å². The van der Waals surface area contributed by atoms with Crippen molar-refractivity contribution in [2.45, 2.75) is 13.2 Å². The molecule has 2 rings (SSSR count). The first kappa shape index (κ1) is 14.2. The quantitative estimate of drug-likeness (QED) is 0.882. The first-order chi connectivity index (χ1) is 9.22. The maximum absolute atomic E-state index is 5.90. The SMILES string of the molecule is CNCc1ccc(OC)c(OCc2ccc(Cl)s2)c1. The van der Waals surface area contributed by atoms with Crippen LogP contribution < -0.4 is 14.8 Å². The topological polar surface area (TPSA) is 30.5 Å². The van der Waals surface area contributed by atoms with E-state index < -0.39 is 0 Å². The van der Waals surface area contributed by atoms with Crippen molar-refractivity contribution in [3.8, 4) is 11.5 Å². The summed E-state index contributed by atoms with van der Waals surface area (Å²) in [6, 6.07) is 9.77. The fraction of sp³-hybridized carbons (Fsp3) is 0.286. The molecule has 3 nitrogen and oxygen atoms in total. The average Bonchev–Trinajstić information content (AvgIpc) is 2.83. The number of methoxy groups -OCH3 is 1. The summed E-state index contributed by atoms with van der Waals surface area (Å²) >= 11 is 7.42. The van der Waals surface area contributed by atoms with E-state index >= 15 is 0 Å². The molecular weight excluding hydrogens is 282 g/mol. The highest BCUT2D eigenvalue weighted by Gasteiger charge is 2.07. The van der Waals surface area contributed by atoms with E-state index in [-0.39, 0.29) is 0 Å². The smallest absolute Gasteiger partial charge is 0.162 e. The standard InChI is InChI=1S/C14H16ClNO2S/c1-16-8-10-3-5-12(17-2)13(7-10)18-9-11-4-6-14(15)19-11/h3-7,16H,8-9H2,1-2H3. The van der Waals surface area contributed by atoms with E-state index in [0.717, 1.165) is 32.8 Å². The summed E-state index contributed by atoms with van der Waals surface area (Å²) in [4.78, 5) is 1.09. The largest absolute Gasteiger partial charge is 0.493 e. The number of rotatable bonds is 6. The van der Waals surface area contributed by atoms with Crippen LogP contribution in [-0.2, 0) is 13.2 Å². The first-order valence-electron chi connectivity index (χ1n) is 5.91. The number of benzene rings is 1. The summed E-state index contributed by atoms with van der Waals surface area (Å²) < 4.78 is 11.9. The molecule has 0 atom stereocenters. The molecule has 0 spiro atoms. The minimum absolute atomic E-state index is 0.497. The molecule has 0 bridgehead atoms. The summed E-state index contributed by atoms with van der Waals surface area (Å²) in [5, 5.41) is 3.11. The molecule has 1 aromatic heterocycles. The second kappa shape index (κ2) is 6.80. The Morgan fingerprint density at radius 3 is 2.68 bits per heavy atom. The fourth-order valence-corrected chi connectivity index (χ4v) is 2.73. The van der Waals surface area contributed by atoms with E-state index in [2.05, 4.69) is 5.32 Å². The normalized spacial score (nSPS) is 10.5. The Morgan fingerprint density at radius 1 is 1.21 bits per heavy atom. The van der Waals surface area contributed by atoms with Crippen molar-refractivity contribution in [3.05, 3.63) is 45.1 Å². The molecule has 102 valence electrons. The Bertz CT molecular complexity index is 542. The molecule has 0 amide bonds. The van der Waals surface area contributed by atoms with Gasteiger partial charge >= 0.3 is 0 Å². The predicted octanol–water partition coefficient (Wildman–Crippen LogP) is 3.71. The number of halogens is 1. The lowest BCUT2D eigenvalue weighted by Crippen LogP contribution is -2.05. The molecule has 1 heterocycles. The maximum atomic E-state index is 5.90. The maximum Gasteiger partial charge on any atom is 0.162 e. The molecule has 2 aromatic rings. The molecule has 0 fully saturated rings. The van der Waals surface area contributed by atoms with Gasteiger partial charge in [-0.25, -0.2) is 0 Å². The van der Waals surface area contributed by atoms with Gasteiger partial charge in [-0.3, -0.25) is 0 Å². The lowest BCUT2D eigenvalue weighted by atomic mass is 10.2. The number of hydrogen-bond donors (Lipinski definition) is 1. The number of nitrogens with one attached hydrogen (secondary N) is 1. The van der Waals surface area contributed by atoms with Gasteiger partial charge < -0.3 is 14.8 Å². The molecule has 0 aliphatic rings. The van der Waals surface area contributed by atoms with Crippen molar-refractivity contribution in [1.82, 2.24) is 5.32 Å². The second-order valence-corrected chi connectivity index (χ2v) is 5.81. The van der Waals surface area contributed by atoms with Crippen LogP contribution >= 0.6 is 22.9 Å². The van der Waals surface area contributed by atoms with Crippen LogP contribution in [0.5, 0.6) is 11.5 Å². The third kappa shape index (κ3) is 3.86. The van der Waals surface area contributed by atoms with Crippen molar-refractivity contribution in [2.75, 3.05) is 14.2 Å². The summed E-state index contributed by atoms with van der Waals surface area (Å²) in [6.07, 6.45) is 0. The van der Waals surface area contributed by atoms with Crippen LogP contribution in [0.15, 0.2) is 30.3 Å². The van der Waals surface area contributed by atoms with E-state index in [0.29, 0.717) is 6.61 Å². The Kier molecular flexibility index (Phi) is 5.07. The van der Waals surface area contributed by atoms with Crippen LogP contribution in [0.1, 0.15) is 10.4 Å². The summed E-state index contributed by atoms with van der Waals surface area (Å²) in [5.41, 5.74) is 1.16. The van der Waals surface area contributed by atoms with Crippen LogP contribution in [0.2, 0.25) is 4.34 Å². The molecule has 1 N–H and O–H groups in total. The van der Waals surface area contributed by atoms with Crippen molar-refractivity contribution >= 4 is 22.9 Å². The van der Waals surface area contributed by atoms with Crippen molar-refractivity contribution in [2.24, 2.45) is 0 Å². The summed E-state index contributed by atoms with van der Waals surface area (Å²) in [7, 11) is 3.56. The van der Waals surface area contributed by atoms with Gasteiger partial charge in [-0.1, -0.05) is 17.7 Å². The van der Waals surface area contributed by atoms with Crippen LogP contribution in [0.3, 0.4) is 0 Å². The Morgan fingerprint density at radius 2 is 2.05 bits per heavy atom. The van der Waals surface area contributed by atoms with E-state index in [9.17, 15) is 0 Å². The zero-order valence-electron chi connectivity index (χ0n) is 10.9. The molecule has 0 aliphatic heterocycles. The van der Waals surface area contributed by atoms with Crippen LogP contribution in [0, 0.1) is 0 Å². The van der Waals surface area contributed by atoms with Gasteiger partial charge in [0.25, 0.3) is 0 Å².